The van der Waals surface area contributed by atoms with Crippen molar-refractivity contribution in [2.45, 2.75) is 37.8 Å². The van der Waals surface area contributed by atoms with Crippen LogP contribution in [-0.2, 0) is 32.6 Å². The summed E-state index contributed by atoms with van der Waals surface area (Å²) >= 11 is 0. The Balaban J connectivity index is 1.53. The second kappa shape index (κ2) is 15.9. The third-order valence-corrected chi connectivity index (χ3v) is 8.46. The van der Waals surface area contributed by atoms with Gasteiger partial charge in [-0.25, -0.2) is 12.8 Å². The first-order valence-corrected chi connectivity index (χ1v) is 16.3. The number of hydrogen-bond acceptors (Lipinski definition) is 6. The van der Waals surface area contributed by atoms with Crippen molar-refractivity contribution >= 4 is 27.5 Å². The molecule has 0 aliphatic rings. The first-order chi connectivity index (χ1) is 22.0. The van der Waals surface area contributed by atoms with Crippen molar-refractivity contribution in [3.8, 4) is 11.5 Å². The highest BCUT2D eigenvalue weighted by molar-refractivity contribution is 7.92. The van der Waals surface area contributed by atoms with Gasteiger partial charge >= 0.3 is 0 Å². The summed E-state index contributed by atoms with van der Waals surface area (Å²) in [5.74, 6) is -0.0351. The molecule has 0 radical (unpaired) electrons. The summed E-state index contributed by atoms with van der Waals surface area (Å²) in [6.45, 7) is 4.20. The molecule has 0 saturated heterocycles. The molecule has 1 atom stereocenters. The zero-order valence-corrected chi connectivity index (χ0v) is 26.8. The number of halogens is 1. The highest BCUT2D eigenvalue weighted by Gasteiger charge is 2.31. The molecule has 0 aliphatic heterocycles. The van der Waals surface area contributed by atoms with Crippen molar-refractivity contribution in [1.82, 2.24) is 10.2 Å². The number of carbonyl (C=O) groups excluding carboxylic acids is 2. The first kappa shape index (κ1) is 34.0. The minimum absolute atomic E-state index is 0.0404. The van der Waals surface area contributed by atoms with Crippen LogP contribution in [0.25, 0.3) is 0 Å². The van der Waals surface area contributed by atoms with Gasteiger partial charge in [-0.1, -0.05) is 56.3 Å². The van der Waals surface area contributed by atoms with Gasteiger partial charge in [-0.15, -0.1) is 0 Å². The van der Waals surface area contributed by atoms with E-state index < -0.39 is 34.4 Å². The maximum absolute atomic E-state index is 13.8. The topological polar surface area (TPSA) is 114 Å². The van der Waals surface area contributed by atoms with Crippen molar-refractivity contribution in [3.63, 3.8) is 0 Å². The number of nitrogens with zero attached hydrogens (tertiary/aromatic N) is 1. The molecule has 0 aliphatic carbocycles. The van der Waals surface area contributed by atoms with E-state index in [2.05, 4.69) is 10.0 Å². The van der Waals surface area contributed by atoms with Crippen molar-refractivity contribution < 1.29 is 31.9 Å². The molecule has 46 heavy (non-hydrogen) atoms. The lowest BCUT2D eigenvalue weighted by Gasteiger charge is -2.31. The molecule has 0 unspecified atom stereocenters. The van der Waals surface area contributed by atoms with Crippen molar-refractivity contribution in [2.75, 3.05) is 25.0 Å². The molecule has 2 N–H and O–H groups in total. The molecule has 0 bridgehead atoms. The maximum atomic E-state index is 13.8. The average Bonchev–Trinajstić information content (AvgIpc) is 3.06. The van der Waals surface area contributed by atoms with E-state index in [1.165, 1.54) is 41.3 Å². The number of benzene rings is 4. The molecule has 0 aromatic heterocycles. The quantitative estimate of drug-likeness (QED) is 0.178. The number of sulfonamides is 1. The lowest BCUT2D eigenvalue weighted by Crippen LogP contribution is -2.52. The van der Waals surface area contributed by atoms with Crippen LogP contribution in [0, 0.1) is 11.7 Å². The zero-order valence-electron chi connectivity index (χ0n) is 26.0. The van der Waals surface area contributed by atoms with Gasteiger partial charge in [0.15, 0.2) is 6.61 Å². The smallest absolute Gasteiger partial charge is 0.261 e. The Kier molecular flexibility index (Phi) is 11.7. The molecular weight excluding hydrogens is 609 g/mol. The van der Waals surface area contributed by atoms with E-state index >= 15 is 0 Å². The van der Waals surface area contributed by atoms with Crippen molar-refractivity contribution in [1.29, 1.82) is 0 Å². The van der Waals surface area contributed by atoms with Crippen molar-refractivity contribution in [3.05, 3.63) is 120 Å². The van der Waals surface area contributed by atoms with Crippen LogP contribution in [0.15, 0.2) is 108 Å². The van der Waals surface area contributed by atoms with Gasteiger partial charge in [0.1, 0.15) is 23.4 Å². The largest absolute Gasteiger partial charge is 0.497 e. The second-order valence-corrected chi connectivity index (χ2v) is 12.8. The number of ether oxygens (including phenoxy) is 2. The molecule has 9 nitrogen and oxygen atoms in total. The van der Waals surface area contributed by atoms with Gasteiger partial charge in [0.05, 0.1) is 12.0 Å². The molecule has 4 aromatic rings. The Morgan fingerprint density at radius 1 is 0.826 bits per heavy atom. The SMILES string of the molecule is COc1ccc(CN(C(=O)COc2ccc(S(=O)(=O)Nc3ccc(F)cc3)cc2)[C@H](Cc2ccccc2)C(=O)NCC(C)C)cc1. The fourth-order valence-corrected chi connectivity index (χ4v) is 5.64. The molecule has 0 fully saturated rings. The predicted molar refractivity (Wildman–Crippen MR) is 174 cm³/mol. The van der Waals surface area contributed by atoms with Gasteiger partial charge in [0.25, 0.3) is 15.9 Å². The number of hydrogen-bond donors (Lipinski definition) is 2. The molecule has 11 heteroatoms. The molecule has 2 amide bonds. The molecule has 0 saturated carbocycles. The van der Waals surface area contributed by atoms with Crippen LogP contribution in [0.3, 0.4) is 0 Å². The maximum Gasteiger partial charge on any atom is 0.261 e. The van der Waals surface area contributed by atoms with Gasteiger partial charge in [-0.05, 0) is 77.7 Å². The van der Waals surface area contributed by atoms with Gasteiger partial charge in [0.2, 0.25) is 5.91 Å². The number of methoxy groups -OCH3 is 1. The van der Waals surface area contributed by atoms with Gasteiger partial charge in [-0.3, -0.25) is 14.3 Å². The summed E-state index contributed by atoms with van der Waals surface area (Å²) in [4.78, 5) is 28.9. The standard InChI is InChI=1S/C35H38FN3O6S/c1-25(2)22-37-35(41)33(21-26-7-5-4-6-8-26)39(23-27-9-15-30(44-3)16-10-27)34(40)24-45-31-17-19-32(20-18-31)46(42,43)38-29-13-11-28(36)12-14-29/h4-20,25,33,38H,21-24H2,1-3H3,(H,37,41)/t33-/m1/s1. The molecule has 0 heterocycles. The molecule has 242 valence electrons. The highest BCUT2D eigenvalue weighted by Crippen LogP contribution is 2.21. The van der Waals surface area contributed by atoms with E-state index in [1.54, 1.807) is 19.2 Å². The number of anilines is 1. The minimum Gasteiger partial charge on any atom is -0.497 e. The molecular formula is C35H38FN3O6S. The second-order valence-electron chi connectivity index (χ2n) is 11.1. The van der Waals surface area contributed by atoms with E-state index in [0.29, 0.717) is 18.7 Å². The summed E-state index contributed by atoms with van der Waals surface area (Å²) in [7, 11) is -2.38. The number of amides is 2. The van der Waals surface area contributed by atoms with Crippen LogP contribution in [0.2, 0.25) is 0 Å². The van der Waals surface area contributed by atoms with E-state index in [-0.39, 0.29) is 34.7 Å². The lowest BCUT2D eigenvalue weighted by molar-refractivity contribution is -0.142. The molecule has 4 aromatic carbocycles. The van der Waals surface area contributed by atoms with Crippen LogP contribution in [0.1, 0.15) is 25.0 Å². The van der Waals surface area contributed by atoms with E-state index in [1.807, 2.05) is 56.3 Å². The minimum atomic E-state index is -3.95. The number of nitrogens with one attached hydrogen (secondary N) is 2. The fraction of sp³-hybridized carbons (Fsp3) is 0.257. The normalized spacial score (nSPS) is 11.8. The van der Waals surface area contributed by atoms with Crippen LogP contribution < -0.4 is 19.5 Å². The average molecular weight is 648 g/mol. The Morgan fingerprint density at radius 2 is 1.46 bits per heavy atom. The number of carbonyl (C=O) groups is 2. The van der Waals surface area contributed by atoms with Crippen LogP contribution in [0.5, 0.6) is 11.5 Å². The fourth-order valence-electron chi connectivity index (χ4n) is 4.58. The summed E-state index contributed by atoms with van der Waals surface area (Å²) in [5.41, 5.74) is 1.91. The van der Waals surface area contributed by atoms with E-state index in [0.717, 1.165) is 23.3 Å². The molecule has 0 spiro atoms. The monoisotopic (exact) mass is 647 g/mol. The predicted octanol–water partition coefficient (Wildman–Crippen LogP) is 5.43. The lowest BCUT2D eigenvalue weighted by atomic mass is 10.0. The third-order valence-electron chi connectivity index (χ3n) is 7.06. The highest BCUT2D eigenvalue weighted by atomic mass is 32.2. The van der Waals surface area contributed by atoms with Crippen molar-refractivity contribution in [2.24, 2.45) is 5.92 Å². The molecule has 4 rings (SSSR count). The summed E-state index contributed by atoms with van der Waals surface area (Å²) in [6, 6.07) is 26.4. The summed E-state index contributed by atoms with van der Waals surface area (Å²) in [5, 5.41) is 2.98. The first-order valence-electron chi connectivity index (χ1n) is 14.8. The van der Waals surface area contributed by atoms with Crippen LogP contribution in [0.4, 0.5) is 10.1 Å². The summed E-state index contributed by atoms with van der Waals surface area (Å²) < 4.78 is 52.3. The van der Waals surface area contributed by atoms with Gasteiger partial charge in [-0.2, -0.15) is 0 Å². The Morgan fingerprint density at radius 3 is 2.07 bits per heavy atom. The van der Waals surface area contributed by atoms with E-state index in [9.17, 15) is 22.4 Å². The summed E-state index contributed by atoms with van der Waals surface area (Å²) in [6.07, 6.45) is 0.292. The third kappa shape index (κ3) is 9.80. The van der Waals surface area contributed by atoms with Gasteiger partial charge in [0, 0.05) is 25.2 Å². The number of rotatable bonds is 15. The van der Waals surface area contributed by atoms with Crippen LogP contribution in [-0.4, -0.2) is 51.4 Å². The van der Waals surface area contributed by atoms with Crippen LogP contribution >= 0.6 is 0 Å². The van der Waals surface area contributed by atoms with E-state index in [4.69, 9.17) is 9.47 Å². The zero-order chi connectivity index (χ0) is 33.1. The van der Waals surface area contributed by atoms with Gasteiger partial charge < -0.3 is 19.7 Å². The Labute approximate surface area is 269 Å². The Bertz CT molecular complexity index is 1680. The Hall–Kier alpha value is -4.90.